The fourth-order valence-electron chi connectivity index (χ4n) is 2.74. The number of allylic oxidation sites excluding steroid dienone is 1. The number of amidine groups is 1. The second kappa shape index (κ2) is 6.41. The fourth-order valence-corrected chi connectivity index (χ4v) is 3.20. The first-order valence-corrected chi connectivity index (χ1v) is 8.05. The van der Waals surface area contributed by atoms with Crippen molar-refractivity contribution in [1.82, 2.24) is 5.32 Å². The minimum atomic E-state index is 0.00685. The fraction of sp³-hybridized carbons (Fsp3) is 0.714. The van der Waals surface area contributed by atoms with E-state index < -0.39 is 0 Å². The molecule has 2 aliphatic carbocycles. The Bertz CT molecular complexity index is 365. The number of hydrogen-bond acceptors (Lipinski definition) is 2. The Balaban J connectivity index is 1.87. The number of rotatable bonds is 4. The van der Waals surface area contributed by atoms with Gasteiger partial charge in [0, 0.05) is 12.5 Å². The lowest BCUT2D eigenvalue weighted by Gasteiger charge is -2.20. The lowest BCUT2D eigenvalue weighted by molar-refractivity contribution is -0.117. The van der Waals surface area contributed by atoms with Crippen LogP contribution >= 0.6 is 11.8 Å². The van der Waals surface area contributed by atoms with Gasteiger partial charge in [0.15, 0.2) is 5.17 Å². The minimum Gasteiger partial charge on any atom is -0.361 e. The summed E-state index contributed by atoms with van der Waals surface area (Å²) in [5.41, 5.74) is 0. The number of thioether (sulfide) groups is 1. The topological polar surface area (TPSA) is 41.5 Å². The number of nitrogens with one attached hydrogen (secondary N) is 1. The normalized spacial score (nSPS) is 29.9. The molecular weight excluding hydrogens is 244 g/mol. The number of carbonyl (C=O) groups is 1. The van der Waals surface area contributed by atoms with Crippen LogP contribution in [0.15, 0.2) is 17.1 Å². The lowest BCUT2D eigenvalue weighted by Crippen LogP contribution is -2.36. The molecule has 0 radical (unpaired) electrons. The number of amides is 1. The molecule has 0 aromatic rings. The third kappa shape index (κ3) is 3.37. The average molecular weight is 266 g/mol. The molecule has 3 atom stereocenters. The van der Waals surface area contributed by atoms with Crippen LogP contribution in [0.1, 0.15) is 39.0 Å². The van der Waals surface area contributed by atoms with Crippen LogP contribution in [0, 0.1) is 11.8 Å². The van der Waals surface area contributed by atoms with E-state index in [4.69, 9.17) is 0 Å². The maximum absolute atomic E-state index is 11.7. The lowest BCUT2D eigenvalue weighted by atomic mass is 10.0. The summed E-state index contributed by atoms with van der Waals surface area (Å²) in [5.74, 6) is 1.39. The molecular formula is C14H22N2OS. The molecule has 1 fully saturated rings. The van der Waals surface area contributed by atoms with Gasteiger partial charge in [-0.05, 0) is 37.4 Å². The van der Waals surface area contributed by atoms with Crippen LogP contribution in [0.4, 0.5) is 0 Å². The Morgan fingerprint density at radius 2 is 2.28 bits per heavy atom. The number of hydrogen-bond donors (Lipinski definition) is 1. The molecule has 4 heteroatoms. The van der Waals surface area contributed by atoms with E-state index in [9.17, 15) is 4.79 Å². The summed E-state index contributed by atoms with van der Waals surface area (Å²) in [6.07, 6.45) is 11.6. The van der Waals surface area contributed by atoms with E-state index in [0.717, 1.165) is 23.9 Å². The molecule has 2 bridgehead atoms. The number of aliphatic imine (C=N–C) groups is 1. The third-order valence-corrected chi connectivity index (χ3v) is 4.35. The SMILES string of the molecule is CCCCC(=O)/N=C(/NC1CC2C=CC1C2)SC. The van der Waals surface area contributed by atoms with Crippen molar-refractivity contribution in [2.24, 2.45) is 16.8 Å². The Hall–Kier alpha value is -0.770. The van der Waals surface area contributed by atoms with E-state index in [1.807, 2.05) is 6.26 Å². The quantitative estimate of drug-likeness (QED) is 0.483. The highest BCUT2D eigenvalue weighted by atomic mass is 32.2. The molecule has 0 saturated heterocycles. The Kier molecular flexibility index (Phi) is 4.87. The van der Waals surface area contributed by atoms with Crippen LogP contribution in [0.5, 0.6) is 0 Å². The van der Waals surface area contributed by atoms with Gasteiger partial charge in [0.2, 0.25) is 5.91 Å². The number of carbonyl (C=O) groups excluding carboxylic acids is 1. The predicted octanol–water partition coefficient (Wildman–Crippen LogP) is 2.98. The molecule has 0 heterocycles. The highest BCUT2D eigenvalue weighted by molar-refractivity contribution is 8.13. The molecule has 100 valence electrons. The molecule has 1 amide bonds. The van der Waals surface area contributed by atoms with E-state index >= 15 is 0 Å². The van der Waals surface area contributed by atoms with Gasteiger partial charge in [-0.25, -0.2) is 0 Å². The van der Waals surface area contributed by atoms with E-state index in [-0.39, 0.29) is 5.91 Å². The molecule has 0 aromatic heterocycles. The van der Waals surface area contributed by atoms with E-state index in [0.29, 0.717) is 18.4 Å². The van der Waals surface area contributed by atoms with E-state index in [2.05, 4.69) is 29.4 Å². The van der Waals surface area contributed by atoms with Gasteiger partial charge in [-0.3, -0.25) is 4.79 Å². The van der Waals surface area contributed by atoms with Crippen LogP contribution in [-0.4, -0.2) is 23.4 Å². The molecule has 1 N–H and O–H groups in total. The summed E-state index contributed by atoms with van der Waals surface area (Å²) in [5, 5.41) is 4.24. The van der Waals surface area contributed by atoms with Crippen molar-refractivity contribution in [3.8, 4) is 0 Å². The molecule has 18 heavy (non-hydrogen) atoms. The van der Waals surface area contributed by atoms with Gasteiger partial charge in [-0.1, -0.05) is 37.3 Å². The monoisotopic (exact) mass is 266 g/mol. The summed E-state index contributed by atoms with van der Waals surface area (Å²) in [4.78, 5) is 15.8. The van der Waals surface area contributed by atoms with Crippen molar-refractivity contribution in [2.75, 3.05) is 6.26 Å². The molecule has 0 aliphatic heterocycles. The summed E-state index contributed by atoms with van der Waals surface area (Å²) in [6.45, 7) is 2.09. The van der Waals surface area contributed by atoms with Crippen molar-refractivity contribution in [1.29, 1.82) is 0 Å². The minimum absolute atomic E-state index is 0.00685. The van der Waals surface area contributed by atoms with Crippen LogP contribution in [0.3, 0.4) is 0 Å². The smallest absolute Gasteiger partial charge is 0.248 e. The Morgan fingerprint density at radius 1 is 1.44 bits per heavy atom. The maximum atomic E-state index is 11.7. The molecule has 0 spiro atoms. The number of nitrogens with zero attached hydrogens (tertiary/aromatic N) is 1. The van der Waals surface area contributed by atoms with Crippen LogP contribution in [-0.2, 0) is 4.79 Å². The maximum Gasteiger partial charge on any atom is 0.248 e. The predicted molar refractivity (Wildman–Crippen MR) is 77.8 cm³/mol. The molecule has 3 unspecified atom stereocenters. The third-order valence-electron chi connectivity index (χ3n) is 3.75. The largest absolute Gasteiger partial charge is 0.361 e. The first-order chi connectivity index (χ1) is 8.72. The van der Waals surface area contributed by atoms with Crippen molar-refractivity contribution in [3.05, 3.63) is 12.2 Å². The molecule has 1 saturated carbocycles. The van der Waals surface area contributed by atoms with Gasteiger partial charge in [0.25, 0.3) is 0 Å². The molecule has 3 nitrogen and oxygen atoms in total. The van der Waals surface area contributed by atoms with Crippen molar-refractivity contribution < 1.29 is 4.79 Å². The van der Waals surface area contributed by atoms with Crippen LogP contribution in [0.2, 0.25) is 0 Å². The van der Waals surface area contributed by atoms with Crippen LogP contribution in [0.25, 0.3) is 0 Å². The Labute approximate surface area is 114 Å². The second-order valence-corrected chi connectivity index (χ2v) is 5.94. The standard InChI is InChI=1S/C14H22N2OS/c1-3-4-5-13(17)16-14(18-2)15-12-9-10-6-7-11(12)8-10/h6-7,10-12H,3-5,8-9H2,1-2H3,(H,15,16,17). The average Bonchev–Trinajstić information content (AvgIpc) is 2.97. The van der Waals surface area contributed by atoms with E-state index in [1.165, 1.54) is 24.6 Å². The number of unbranched alkanes of at least 4 members (excludes halogenated alkanes) is 1. The summed E-state index contributed by atoms with van der Waals surface area (Å²) >= 11 is 1.54. The summed E-state index contributed by atoms with van der Waals surface area (Å²) in [6, 6.07) is 0.477. The summed E-state index contributed by atoms with van der Waals surface area (Å²) < 4.78 is 0. The summed E-state index contributed by atoms with van der Waals surface area (Å²) in [7, 11) is 0. The number of fused-ring (bicyclic) bond motifs is 2. The molecule has 2 aliphatic rings. The van der Waals surface area contributed by atoms with Crippen LogP contribution < -0.4 is 5.32 Å². The zero-order valence-electron chi connectivity index (χ0n) is 11.2. The van der Waals surface area contributed by atoms with Gasteiger partial charge in [-0.2, -0.15) is 4.99 Å². The van der Waals surface area contributed by atoms with Gasteiger partial charge >= 0.3 is 0 Å². The first kappa shape index (κ1) is 13.7. The van der Waals surface area contributed by atoms with E-state index in [1.54, 1.807) is 0 Å². The highest BCUT2D eigenvalue weighted by Gasteiger charge is 2.35. The zero-order chi connectivity index (χ0) is 13.0. The van der Waals surface area contributed by atoms with Gasteiger partial charge in [-0.15, -0.1) is 0 Å². The van der Waals surface area contributed by atoms with Crippen molar-refractivity contribution in [3.63, 3.8) is 0 Å². The highest BCUT2D eigenvalue weighted by Crippen LogP contribution is 2.39. The molecule has 2 rings (SSSR count). The van der Waals surface area contributed by atoms with Crippen molar-refractivity contribution >= 4 is 22.8 Å². The van der Waals surface area contributed by atoms with Crippen molar-refractivity contribution in [2.45, 2.75) is 45.1 Å². The first-order valence-electron chi connectivity index (χ1n) is 6.83. The van der Waals surface area contributed by atoms with Gasteiger partial charge in [0.05, 0.1) is 0 Å². The van der Waals surface area contributed by atoms with Gasteiger partial charge < -0.3 is 5.32 Å². The Morgan fingerprint density at radius 3 is 2.83 bits per heavy atom. The zero-order valence-corrected chi connectivity index (χ0v) is 12.0. The van der Waals surface area contributed by atoms with Gasteiger partial charge in [0.1, 0.15) is 0 Å². The molecule has 0 aromatic carbocycles. The second-order valence-electron chi connectivity index (χ2n) is 5.15.